The minimum atomic E-state index is -0.644. The molecule has 7 heteroatoms. The molecule has 0 saturated heterocycles. The van der Waals surface area contributed by atoms with Crippen LogP contribution >= 0.6 is 0 Å². The van der Waals surface area contributed by atoms with Gasteiger partial charge in [-0.1, -0.05) is 48.0 Å². The summed E-state index contributed by atoms with van der Waals surface area (Å²) in [5.41, 5.74) is 4.25. The number of anilines is 1. The van der Waals surface area contributed by atoms with E-state index in [1.54, 1.807) is 19.0 Å². The van der Waals surface area contributed by atoms with Gasteiger partial charge in [-0.3, -0.25) is 19.1 Å². The zero-order valence-corrected chi connectivity index (χ0v) is 16.8. The summed E-state index contributed by atoms with van der Waals surface area (Å²) in [6, 6.07) is 15.4. The van der Waals surface area contributed by atoms with Gasteiger partial charge in [-0.05, 0) is 24.1 Å². The van der Waals surface area contributed by atoms with E-state index in [0.717, 1.165) is 22.4 Å². The lowest BCUT2D eigenvalue weighted by Gasteiger charge is -2.13. The van der Waals surface area contributed by atoms with Crippen LogP contribution in [-0.4, -0.2) is 27.5 Å². The summed E-state index contributed by atoms with van der Waals surface area (Å²) in [7, 11) is 3.33. The summed E-state index contributed by atoms with van der Waals surface area (Å²) in [6.07, 6.45) is 0. The van der Waals surface area contributed by atoms with Crippen molar-refractivity contribution in [3.05, 3.63) is 86.1 Å². The van der Waals surface area contributed by atoms with E-state index in [9.17, 15) is 14.4 Å². The number of aromatic nitrogens is 3. The van der Waals surface area contributed by atoms with Crippen LogP contribution in [-0.2, 0) is 11.8 Å². The summed E-state index contributed by atoms with van der Waals surface area (Å²) < 4.78 is 1.37. The Balaban J connectivity index is 1.92. The maximum absolute atomic E-state index is 13.3. The van der Waals surface area contributed by atoms with Crippen molar-refractivity contribution in [1.29, 1.82) is 0 Å². The van der Waals surface area contributed by atoms with Gasteiger partial charge < -0.3 is 9.88 Å². The smallest absolute Gasteiger partial charge is 0.329 e. The number of carbonyl (C=O) groups is 1. The summed E-state index contributed by atoms with van der Waals surface area (Å²) in [5, 5.41) is 0.330. The number of nitrogens with one attached hydrogen (secondary N) is 2. The van der Waals surface area contributed by atoms with Gasteiger partial charge in [0.05, 0.1) is 17.0 Å². The first-order chi connectivity index (χ1) is 14.4. The fraction of sp³-hybridized carbons (Fsp3) is 0.174. The fourth-order valence-corrected chi connectivity index (χ4v) is 4.33. The monoisotopic (exact) mass is 400 g/mol. The first-order valence-electron chi connectivity index (χ1n) is 9.67. The number of aromatic amines is 2. The molecule has 0 spiro atoms. The standard InChI is InChI=1S/C23H20N4O3/c1-12-8-10-13(11-9-12)19-17(18-20(24-19)27(3)23(30)25-21(18)28)16-14-6-4-5-7-15(14)26(2)22(16)29/h4-11,16,24H,1-3H3,(H,25,28,30). The number of rotatable bonds is 2. The molecule has 0 aliphatic carbocycles. The molecule has 1 amide bonds. The summed E-state index contributed by atoms with van der Waals surface area (Å²) in [4.78, 5) is 45.7. The van der Waals surface area contributed by atoms with Crippen molar-refractivity contribution in [1.82, 2.24) is 14.5 Å². The number of likely N-dealkylation sites (N-methyl/N-ethyl adjacent to an activating group) is 1. The maximum atomic E-state index is 13.3. The topological polar surface area (TPSA) is 91.0 Å². The minimum Gasteiger partial charge on any atom is -0.340 e. The van der Waals surface area contributed by atoms with Crippen LogP contribution in [0.15, 0.2) is 58.1 Å². The SMILES string of the molecule is Cc1ccc(-c2[nH]c3c(c2C2C(=O)N(C)c4ccccc42)c(=O)[nH]c(=O)n3C)cc1. The van der Waals surface area contributed by atoms with E-state index in [2.05, 4.69) is 9.97 Å². The number of nitrogens with zero attached hydrogens (tertiary/aromatic N) is 2. The van der Waals surface area contributed by atoms with Crippen molar-refractivity contribution in [3.63, 3.8) is 0 Å². The fourth-order valence-electron chi connectivity index (χ4n) is 4.33. The van der Waals surface area contributed by atoms with Crippen LogP contribution in [0.4, 0.5) is 5.69 Å². The highest BCUT2D eigenvalue weighted by atomic mass is 16.2. The van der Waals surface area contributed by atoms with Crippen LogP contribution in [0.25, 0.3) is 22.3 Å². The number of aryl methyl sites for hydroxylation is 2. The van der Waals surface area contributed by atoms with Gasteiger partial charge >= 0.3 is 5.69 Å². The number of H-pyrrole nitrogens is 2. The molecule has 2 N–H and O–H groups in total. The van der Waals surface area contributed by atoms with Crippen LogP contribution in [0.1, 0.15) is 22.6 Å². The van der Waals surface area contributed by atoms with Crippen molar-refractivity contribution in [2.24, 2.45) is 7.05 Å². The van der Waals surface area contributed by atoms with Gasteiger partial charge in [0.2, 0.25) is 5.91 Å². The van der Waals surface area contributed by atoms with Crippen molar-refractivity contribution >= 4 is 22.6 Å². The number of benzene rings is 2. The van der Waals surface area contributed by atoms with Crippen LogP contribution in [0, 0.1) is 6.92 Å². The van der Waals surface area contributed by atoms with E-state index < -0.39 is 17.2 Å². The second-order valence-corrected chi connectivity index (χ2v) is 7.71. The first kappa shape index (κ1) is 18.2. The van der Waals surface area contributed by atoms with Gasteiger partial charge in [0, 0.05) is 25.3 Å². The quantitative estimate of drug-likeness (QED) is 0.542. The Morgan fingerprint density at radius 2 is 1.60 bits per heavy atom. The third-order valence-electron chi connectivity index (χ3n) is 5.92. The Hall–Kier alpha value is -3.87. The van der Waals surface area contributed by atoms with Crippen LogP contribution in [0.2, 0.25) is 0 Å². The van der Waals surface area contributed by atoms with E-state index in [-0.39, 0.29) is 5.91 Å². The lowest BCUT2D eigenvalue weighted by molar-refractivity contribution is -0.118. The Morgan fingerprint density at radius 3 is 2.33 bits per heavy atom. The predicted octanol–water partition coefficient (Wildman–Crippen LogP) is 2.64. The number of para-hydroxylation sites is 1. The molecule has 150 valence electrons. The molecule has 1 aliphatic heterocycles. The Bertz CT molecular complexity index is 1440. The van der Waals surface area contributed by atoms with Crippen molar-refractivity contribution in [2.75, 3.05) is 11.9 Å². The Kier molecular flexibility index (Phi) is 3.83. The zero-order chi connectivity index (χ0) is 21.2. The summed E-state index contributed by atoms with van der Waals surface area (Å²) in [5.74, 6) is -0.756. The van der Waals surface area contributed by atoms with Gasteiger partial charge in [0.25, 0.3) is 5.56 Å². The molecule has 5 rings (SSSR count). The largest absolute Gasteiger partial charge is 0.340 e. The number of amides is 1. The highest BCUT2D eigenvalue weighted by molar-refractivity contribution is 6.10. The average Bonchev–Trinajstić information content (AvgIpc) is 3.24. The van der Waals surface area contributed by atoms with Crippen molar-refractivity contribution in [2.45, 2.75) is 12.8 Å². The second-order valence-electron chi connectivity index (χ2n) is 7.71. The molecule has 7 nitrogen and oxygen atoms in total. The molecule has 0 fully saturated rings. The third-order valence-corrected chi connectivity index (χ3v) is 5.92. The van der Waals surface area contributed by atoms with Crippen LogP contribution < -0.4 is 16.1 Å². The molecular formula is C23H20N4O3. The van der Waals surface area contributed by atoms with Crippen LogP contribution in [0.5, 0.6) is 0 Å². The van der Waals surface area contributed by atoms with Crippen molar-refractivity contribution < 1.29 is 4.79 Å². The normalized spacial score (nSPS) is 15.8. The molecule has 0 radical (unpaired) electrons. The van der Waals surface area contributed by atoms with E-state index in [0.29, 0.717) is 22.3 Å². The van der Waals surface area contributed by atoms with E-state index in [4.69, 9.17) is 0 Å². The summed E-state index contributed by atoms with van der Waals surface area (Å²) in [6.45, 7) is 2.00. The first-order valence-corrected chi connectivity index (χ1v) is 9.67. The molecule has 4 aromatic rings. The molecule has 0 bridgehead atoms. The molecule has 2 aromatic carbocycles. The number of hydrogen-bond donors (Lipinski definition) is 2. The molecule has 30 heavy (non-hydrogen) atoms. The predicted molar refractivity (Wildman–Crippen MR) is 116 cm³/mol. The zero-order valence-electron chi connectivity index (χ0n) is 16.8. The molecule has 1 atom stereocenters. The van der Waals surface area contributed by atoms with E-state index in [1.165, 1.54) is 4.57 Å². The molecule has 0 saturated carbocycles. The minimum absolute atomic E-state index is 0.112. The Morgan fingerprint density at radius 1 is 0.900 bits per heavy atom. The lowest BCUT2D eigenvalue weighted by Crippen LogP contribution is -2.29. The van der Waals surface area contributed by atoms with Gasteiger partial charge in [0.15, 0.2) is 0 Å². The van der Waals surface area contributed by atoms with Gasteiger partial charge in [-0.15, -0.1) is 0 Å². The Labute approximate surface area is 171 Å². The molecular weight excluding hydrogens is 380 g/mol. The van der Waals surface area contributed by atoms with Crippen LogP contribution in [0.3, 0.4) is 0 Å². The van der Waals surface area contributed by atoms with Crippen molar-refractivity contribution in [3.8, 4) is 11.3 Å². The second kappa shape index (κ2) is 6.32. The molecule has 1 aliphatic rings. The molecule has 2 aromatic heterocycles. The number of fused-ring (bicyclic) bond motifs is 2. The van der Waals surface area contributed by atoms with Gasteiger partial charge in [-0.2, -0.15) is 0 Å². The molecule has 1 unspecified atom stereocenters. The van der Waals surface area contributed by atoms with E-state index >= 15 is 0 Å². The number of carbonyl (C=O) groups excluding carboxylic acids is 1. The van der Waals surface area contributed by atoms with E-state index in [1.807, 2.05) is 55.5 Å². The van der Waals surface area contributed by atoms with Gasteiger partial charge in [-0.25, -0.2) is 4.79 Å². The average molecular weight is 400 g/mol. The number of hydrogen-bond acceptors (Lipinski definition) is 3. The highest BCUT2D eigenvalue weighted by Crippen LogP contribution is 2.45. The maximum Gasteiger partial charge on any atom is 0.329 e. The lowest BCUT2D eigenvalue weighted by atomic mass is 9.89. The third kappa shape index (κ3) is 2.41. The summed E-state index contributed by atoms with van der Waals surface area (Å²) >= 11 is 0. The molecule has 3 heterocycles. The highest BCUT2D eigenvalue weighted by Gasteiger charge is 2.40. The van der Waals surface area contributed by atoms with Gasteiger partial charge in [0.1, 0.15) is 5.65 Å².